The lowest BCUT2D eigenvalue weighted by Gasteiger charge is -2.06. The number of para-hydroxylation sites is 2. The third-order valence-electron chi connectivity index (χ3n) is 4.35. The van der Waals surface area contributed by atoms with Gasteiger partial charge in [0.05, 0.1) is 27.7 Å². The van der Waals surface area contributed by atoms with E-state index in [2.05, 4.69) is 15.5 Å². The van der Waals surface area contributed by atoms with Crippen LogP contribution >= 0.6 is 23.1 Å². The van der Waals surface area contributed by atoms with E-state index in [1.807, 2.05) is 66.7 Å². The highest BCUT2D eigenvalue weighted by atomic mass is 32.2. The first-order valence-corrected chi connectivity index (χ1v) is 10.8. The molecule has 146 valence electrons. The lowest BCUT2D eigenvalue weighted by Crippen LogP contribution is -2.21. The summed E-state index contributed by atoms with van der Waals surface area (Å²) in [5.74, 6) is 0. The third-order valence-corrected chi connectivity index (χ3v) is 6.45. The van der Waals surface area contributed by atoms with Gasteiger partial charge in [0.1, 0.15) is 10.7 Å². The number of hydrogen-bond acceptors (Lipinski definition) is 7. The van der Waals surface area contributed by atoms with E-state index in [9.17, 15) is 4.79 Å². The molecule has 3 aromatic heterocycles. The van der Waals surface area contributed by atoms with Gasteiger partial charge >= 0.3 is 0 Å². The Labute approximate surface area is 180 Å². The fourth-order valence-electron chi connectivity index (χ4n) is 2.93. The molecule has 3 heterocycles. The van der Waals surface area contributed by atoms with Crippen LogP contribution in [-0.4, -0.2) is 20.6 Å². The average molecular weight is 430 g/mol. The summed E-state index contributed by atoms with van der Waals surface area (Å²) in [6, 6.07) is 23.0. The van der Waals surface area contributed by atoms with Crippen LogP contribution in [0.3, 0.4) is 0 Å². The van der Waals surface area contributed by atoms with Gasteiger partial charge in [0.2, 0.25) is 0 Å². The number of hydrogen-bond donors (Lipinski definition) is 1. The van der Waals surface area contributed by atoms with Crippen molar-refractivity contribution in [3.63, 3.8) is 0 Å². The molecule has 0 radical (unpaired) electrons. The molecular weight excluding hydrogens is 414 g/mol. The molecule has 0 aliphatic rings. The van der Waals surface area contributed by atoms with Crippen LogP contribution in [0.25, 0.3) is 15.9 Å². The maximum Gasteiger partial charge on any atom is 0.267 e. The van der Waals surface area contributed by atoms with Crippen molar-refractivity contribution in [2.45, 2.75) is 9.37 Å². The van der Waals surface area contributed by atoms with Gasteiger partial charge in [-0.2, -0.15) is 5.10 Å². The second kappa shape index (κ2) is 8.10. The van der Waals surface area contributed by atoms with Crippen molar-refractivity contribution in [3.8, 4) is 0 Å². The lowest BCUT2D eigenvalue weighted by atomic mass is 10.3. The molecule has 8 heteroatoms. The Morgan fingerprint density at radius 2 is 1.77 bits per heavy atom. The molecule has 0 bridgehead atoms. The summed E-state index contributed by atoms with van der Waals surface area (Å²) in [6.45, 7) is 0. The molecule has 0 amide bonds. The Bertz CT molecular complexity index is 1390. The minimum absolute atomic E-state index is 0.178. The number of anilines is 1. The van der Waals surface area contributed by atoms with Gasteiger partial charge in [-0.15, -0.1) is 11.3 Å². The van der Waals surface area contributed by atoms with Crippen LogP contribution in [0.4, 0.5) is 5.69 Å². The molecule has 0 fully saturated rings. The highest BCUT2D eigenvalue weighted by molar-refractivity contribution is 8.01. The summed E-state index contributed by atoms with van der Waals surface area (Å²) >= 11 is 2.95. The Morgan fingerprint density at radius 1 is 0.967 bits per heavy atom. The number of fused-ring (bicyclic) bond motifs is 2. The van der Waals surface area contributed by atoms with Gasteiger partial charge in [0, 0.05) is 6.20 Å². The second-order valence-electron chi connectivity index (χ2n) is 6.35. The van der Waals surface area contributed by atoms with Gasteiger partial charge in [-0.1, -0.05) is 36.4 Å². The Hall–Kier alpha value is -3.49. The summed E-state index contributed by atoms with van der Waals surface area (Å²) < 4.78 is 3.44. The molecule has 0 saturated carbocycles. The molecule has 0 unspecified atom stereocenters. The average Bonchev–Trinajstić information content (AvgIpc) is 3.19. The van der Waals surface area contributed by atoms with E-state index in [0.29, 0.717) is 16.2 Å². The fourth-order valence-corrected chi connectivity index (χ4v) is 5.00. The standard InChI is InChI=1S/C22H15N5OS2/c28-21-16(14-23-26-15-8-2-1-3-9-15)20(25-19-12-6-7-13-27(19)21)30-22-24-17-10-4-5-11-18(17)29-22/h1-14,26H/b23-14+. The van der Waals surface area contributed by atoms with E-state index in [1.54, 1.807) is 23.6 Å². The van der Waals surface area contributed by atoms with E-state index in [4.69, 9.17) is 4.98 Å². The maximum absolute atomic E-state index is 13.1. The minimum Gasteiger partial charge on any atom is -0.279 e. The number of nitrogens with one attached hydrogen (secondary N) is 1. The zero-order valence-electron chi connectivity index (χ0n) is 15.6. The van der Waals surface area contributed by atoms with Crippen LogP contribution in [0.1, 0.15) is 5.56 Å². The third kappa shape index (κ3) is 3.70. The molecule has 0 atom stereocenters. The summed E-state index contributed by atoms with van der Waals surface area (Å²) in [6.07, 6.45) is 3.23. The van der Waals surface area contributed by atoms with Gasteiger partial charge < -0.3 is 0 Å². The molecule has 0 spiro atoms. The first-order valence-electron chi connectivity index (χ1n) is 9.17. The van der Waals surface area contributed by atoms with Crippen molar-refractivity contribution in [1.82, 2.24) is 14.4 Å². The van der Waals surface area contributed by atoms with E-state index in [-0.39, 0.29) is 5.56 Å². The van der Waals surface area contributed by atoms with Crippen LogP contribution in [-0.2, 0) is 0 Å². The molecule has 2 aromatic carbocycles. The summed E-state index contributed by atoms with van der Waals surface area (Å²) in [5, 5.41) is 4.84. The number of nitrogens with zero attached hydrogens (tertiary/aromatic N) is 4. The molecule has 5 rings (SSSR count). The van der Waals surface area contributed by atoms with Gasteiger partial charge in [-0.05, 0) is 48.2 Å². The largest absolute Gasteiger partial charge is 0.279 e. The molecule has 6 nitrogen and oxygen atoms in total. The topological polar surface area (TPSA) is 71.7 Å². The lowest BCUT2D eigenvalue weighted by molar-refractivity contribution is 0.976. The maximum atomic E-state index is 13.1. The van der Waals surface area contributed by atoms with Gasteiger partial charge in [0.25, 0.3) is 5.56 Å². The van der Waals surface area contributed by atoms with Crippen molar-refractivity contribution in [2.75, 3.05) is 5.43 Å². The molecule has 0 aliphatic heterocycles. The quantitative estimate of drug-likeness (QED) is 0.244. The first-order chi connectivity index (χ1) is 14.8. The smallest absolute Gasteiger partial charge is 0.267 e. The zero-order chi connectivity index (χ0) is 20.3. The molecule has 30 heavy (non-hydrogen) atoms. The van der Waals surface area contributed by atoms with Crippen LogP contribution in [0.15, 0.2) is 98.3 Å². The molecular formula is C22H15N5OS2. The van der Waals surface area contributed by atoms with E-state index >= 15 is 0 Å². The SMILES string of the molecule is O=c1c(/C=N/Nc2ccccc2)c(Sc2nc3ccccc3s2)nc2ccccn12. The number of thiazole rings is 1. The van der Waals surface area contributed by atoms with Gasteiger partial charge in [-0.25, -0.2) is 9.97 Å². The second-order valence-corrected chi connectivity index (χ2v) is 8.62. The molecule has 1 N–H and O–H groups in total. The van der Waals surface area contributed by atoms with Gasteiger partial charge in [-0.3, -0.25) is 14.6 Å². The minimum atomic E-state index is -0.178. The molecule has 0 saturated heterocycles. The van der Waals surface area contributed by atoms with Crippen molar-refractivity contribution in [3.05, 3.63) is 94.9 Å². The molecule has 5 aromatic rings. The Kier molecular flexibility index (Phi) is 5.00. The number of pyridine rings is 1. The summed E-state index contributed by atoms with van der Waals surface area (Å²) in [7, 11) is 0. The molecule has 0 aliphatic carbocycles. The van der Waals surface area contributed by atoms with Crippen molar-refractivity contribution in [1.29, 1.82) is 0 Å². The summed E-state index contributed by atoms with van der Waals surface area (Å²) in [5.41, 5.74) is 5.54. The van der Waals surface area contributed by atoms with Crippen LogP contribution < -0.4 is 11.0 Å². The normalized spacial score (nSPS) is 11.5. The monoisotopic (exact) mass is 429 g/mol. The van der Waals surface area contributed by atoms with Crippen molar-refractivity contribution in [2.24, 2.45) is 5.10 Å². The first kappa shape index (κ1) is 18.5. The number of benzene rings is 2. The van der Waals surface area contributed by atoms with Crippen LogP contribution in [0.5, 0.6) is 0 Å². The van der Waals surface area contributed by atoms with Gasteiger partial charge in [0.15, 0.2) is 4.34 Å². The zero-order valence-corrected chi connectivity index (χ0v) is 17.2. The van der Waals surface area contributed by atoms with E-state index in [1.165, 1.54) is 22.4 Å². The highest BCUT2D eigenvalue weighted by Gasteiger charge is 2.15. The predicted octanol–water partition coefficient (Wildman–Crippen LogP) is 4.90. The summed E-state index contributed by atoms with van der Waals surface area (Å²) in [4.78, 5) is 22.5. The number of hydrazone groups is 1. The highest BCUT2D eigenvalue weighted by Crippen LogP contribution is 2.34. The predicted molar refractivity (Wildman–Crippen MR) is 123 cm³/mol. The Balaban J connectivity index is 1.56. The van der Waals surface area contributed by atoms with E-state index < -0.39 is 0 Å². The Morgan fingerprint density at radius 3 is 2.63 bits per heavy atom. The number of aromatic nitrogens is 3. The van der Waals surface area contributed by atoms with Crippen molar-refractivity contribution >= 4 is 50.9 Å². The van der Waals surface area contributed by atoms with Crippen LogP contribution in [0, 0.1) is 0 Å². The fraction of sp³-hybridized carbons (Fsp3) is 0. The van der Waals surface area contributed by atoms with Crippen LogP contribution in [0.2, 0.25) is 0 Å². The van der Waals surface area contributed by atoms with Crippen molar-refractivity contribution < 1.29 is 0 Å². The number of rotatable bonds is 5. The van der Waals surface area contributed by atoms with E-state index in [0.717, 1.165) is 20.2 Å².